The van der Waals surface area contributed by atoms with Crippen molar-refractivity contribution in [2.45, 2.75) is 88.0 Å². The van der Waals surface area contributed by atoms with Crippen LogP contribution in [0.15, 0.2) is 0 Å². The Labute approximate surface area is 173 Å². The lowest BCUT2D eigenvalue weighted by atomic mass is 9.93. The molecule has 2 heterocycles. The minimum absolute atomic E-state index is 0.0105. The monoisotopic (exact) mass is 434 g/mol. The number of rotatable bonds is 10. The highest BCUT2D eigenvalue weighted by atomic mass is 32.7. The summed E-state index contributed by atoms with van der Waals surface area (Å²) in [6, 6.07) is -1.46. The summed E-state index contributed by atoms with van der Waals surface area (Å²) in [5, 5.41) is 9.75. The van der Waals surface area contributed by atoms with Crippen LogP contribution in [0.1, 0.15) is 34.1 Å². The summed E-state index contributed by atoms with van der Waals surface area (Å²) in [5.74, 6) is 0. The average Bonchev–Trinajstić information content (AvgIpc) is 3.04. The lowest BCUT2D eigenvalue weighted by Crippen LogP contribution is -2.38. The third-order valence-corrected chi connectivity index (χ3v) is 7.73. The zero-order chi connectivity index (χ0) is 21.1. The van der Waals surface area contributed by atoms with Crippen LogP contribution in [0, 0.1) is 0 Å². The number of aliphatic hydroxyl groups is 1. The molecule has 0 saturated carbocycles. The Balaban J connectivity index is 1.90. The van der Waals surface area contributed by atoms with Crippen LogP contribution in [0.3, 0.4) is 0 Å². The first-order valence-electron chi connectivity index (χ1n) is 9.41. The SMILES string of the molecule is [B][C@@H]1O[C@H](COP(=O)(O)S[C@@H]2C[C@H]([B])O[C@@H]2COC(C)C)[C@H](OC(C)C)C1O. The highest BCUT2D eigenvalue weighted by Gasteiger charge is 2.44. The highest BCUT2D eigenvalue weighted by Crippen LogP contribution is 2.60. The fourth-order valence-electron chi connectivity index (χ4n) is 3.05. The maximum atomic E-state index is 12.6. The fraction of sp³-hybridized carbons (Fsp3) is 1.00. The van der Waals surface area contributed by atoms with Crippen LogP contribution in [-0.2, 0) is 28.0 Å². The first-order chi connectivity index (χ1) is 13.0. The smallest absolute Gasteiger partial charge is 0.387 e. The number of hydrogen-bond donors (Lipinski definition) is 2. The van der Waals surface area contributed by atoms with Crippen LogP contribution >= 0.6 is 18.2 Å². The molecule has 8 atom stereocenters. The van der Waals surface area contributed by atoms with Crippen LogP contribution in [0.4, 0.5) is 0 Å². The molecule has 0 amide bonds. The van der Waals surface area contributed by atoms with E-state index >= 15 is 0 Å². The first-order valence-corrected chi connectivity index (χ1v) is 12.5. The molecule has 12 heteroatoms. The Morgan fingerprint density at radius 2 is 1.82 bits per heavy atom. The summed E-state index contributed by atoms with van der Waals surface area (Å²) >= 11 is 0.787. The molecule has 0 spiro atoms. The predicted molar refractivity (Wildman–Crippen MR) is 108 cm³/mol. The third-order valence-electron chi connectivity index (χ3n) is 4.29. The second-order valence-electron chi connectivity index (χ2n) is 7.52. The quantitative estimate of drug-likeness (QED) is 0.385. The molecule has 0 aromatic heterocycles. The molecule has 0 aromatic carbocycles. The molecule has 0 aliphatic carbocycles. The molecule has 2 fully saturated rings. The van der Waals surface area contributed by atoms with Gasteiger partial charge >= 0.3 is 6.80 Å². The number of aliphatic hydroxyl groups excluding tert-OH is 1. The third kappa shape index (κ3) is 7.29. The largest absolute Gasteiger partial charge is 0.388 e. The maximum Gasteiger partial charge on any atom is 0.387 e. The van der Waals surface area contributed by atoms with E-state index in [-0.39, 0.29) is 30.7 Å². The van der Waals surface area contributed by atoms with Gasteiger partial charge in [-0.3, -0.25) is 4.52 Å². The summed E-state index contributed by atoms with van der Waals surface area (Å²) in [5.41, 5.74) is 0. The van der Waals surface area contributed by atoms with Crippen molar-refractivity contribution < 1.29 is 38.0 Å². The molecule has 8 nitrogen and oxygen atoms in total. The van der Waals surface area contributed by atoms with Crippen molar-refractivity contribution >= 4 is 33.9 Å². The summed E-state index contributed by atoms with van der Waals surface area (Å²) in [6.45, 7) is 3.41. The van der Waals surface area contributed by atoms with E-state index in [1.54, 1.807) is 0 Å². The van der Waals surface area contributed by atoms with Crippen molar-refractivity contribution in [2.75, 3.05) is 13.2 Å². The van der Waals surface area contributed by atoms with Gasteiger partial charge < -0.3 is 28.9 Å². The highest BCUT2D eigenvalue weighted by molar-refractivity contribution is 8.55. The Hall–Kier alpha value is 0.430. The maximum absolute atomic E-state index is 12.6. The van der Waals surface area contributed by atoms with E-state index in [0.29, 0.717) is 6.42 Å². The lowest BCUT2D eigenvalue weighted by molar-refractivity contribution is -0.0751. The van der Waals surface area contributed by atoms with Gasteiger partial charge in [-0.05, 0) is 45.5 Å². The van der Waals surface area contributed by atoms with Gasteiger partial charge in [0.1, 0.15) is 34.0 Å². The molecule has 2 unspecified atom stereocenters. The van der Waals surface area contributed by atoms with Crippen LogP contribution in [0.2, 0.25) is 0 Å². The topological polar surface area (TPSA) is 104 Å². The molecular weight excluding hydrogens is 405 g/mol. The second kappa shape index (κ2) is 10.6. The average molecular weight is 434 g/mol. The lowest BCUT2D eigenvalue weighted by Gasteiger charge is -2.25. The molecule has 2 saturated heterocycles. The Morgan fingerprint density at radius 3 is 2.43 bits per heavy atom. The van der Waals surface area contributed by atoms with Gasteiger partial charge in [-0.2, -0.15) is 0 Å². The second-order valence-corrected chi connectivity index (χ2v) is 11.5. The van der Waals surface area contributed by atoms with E-state index in [4.69, 9.17) is 39.2 Å². The van der Waals surface area contributed by atoms with Gasteiger partial charge in [0.15, 0.2) is 0 Å². The molecule has 28 heavy (non-hydrogen) atoms. The molecule has 2 aliphatic heterocycles. The molecule has 0 bridgehead atoms. The molecule has 158 valence electrons. The van der Waals surface area contributed by atoms with Gasteiger partial charge in [-0.1, -0.05) is 0 Å². The summed E-state index contributed by atoms with van der Waals surface area (Å²) in [4.78, 5) is 10.3. The standard InChI is InChI=1S/C16H29B2O8PS/c1-8(2)22-6-10-12(5-13(17)25-10)28-27(20,21)23-7-11-15(24-9(3)4)14(19)16(18)26-11/h8-16,19H,5-7H2,1-4H3,(H,20,21)/t10-,11-,12-,13-,14?,15+,16-/m1/s1. The van der Waals surface area contributed by atoms with Gasteiger partial charge in [0.25, 0.3) is 0 Å². The zero-order valence-electron chi connectivity index (χ0n) is 16.7. The van der Waals surface area contributed by atoms with E-state index in [2.05, 4.69) is 0 Å². The van der Waals surface area contributed by atoms with E-state index < -0.39 is 43.2 Å². The minimum Gasteiger partial charge on any atom is -0.388 e. The molecule has 2 rings (SSSR count). The van der Waals surface area contributed by atoms with Crippen molar-refractivity contribution in [3.05, 3.63) is 0 Å². The summed E-state index contributed by atoms with van der Waals surface area (Å²) < 4.78 is 40.0. The number of hydrogen-bond acceptors (Lipinski definition) is 8. The van der Waals surface area contributed by atoms with E-state index in [1.165, 1.54) is 0 Å². The van der Waals surface area contributed by atoms with Crippen molar-refractivity contribution in [3.8, 4) is 0 Å². The van der Waals surface area contributed by atoms with E-state index in [1.807, 2.05) is 27.7 Å². The zero-order valence-corrected chi connectivity index (χ0v) is 18.4. The first kappa shape index (κ1) is 24.7. The van der Waals surface area contributed by atoms with Gasteiger partial charge in [0, 0.05) is 17.3 Å². The van der Waals surface area contributed by atoms with Gasteiger partial charge in [-0.25, -0.2) is 4.57 Å². The van der Waals surface area contributed by atoms with E-state index in [0.717, 1.165) is 11.4 Å². The van der Waals surface area contributed by atoms with Crippen molar-refractivity contribution in [1.82, 2.24) is 0 Å². The normalized spacial score (nSPS) is 38.4. The molecule has 4 radical (unpaired) electrons. The Bertz CT molecular complexity index is 543. The molecule has 2 aliphatic rings. The van der Waals surface area contributed by atoms with Crippen LogP contribution in [0.5, 0.6) is 0 Å². The predicted octanol–water partition coefficient (Wildman–Crippen LogP) is 0.962. The van der Waals surface area contributed by atoms with E-state index in [9.17, 15) is 14.6 Å². The van der Waals surface area contributed by atoms with Gasteiger partial charge in [-0.15, -0.1) is 0 Å². The van der Waals surface area contributed by atoms with Gasteiger partial charge in [0.05, 0.1) is 31.5 Å². The Kier molecular flexibility index (Phi) is 9.39. The number of ether oxygens (including phenoxy) is 4. The summed E-state index contributed by atoms with van der Waals surface area (Å²) in [6.07, 6.45) is -2.69. The van der Waals surface area contributed by atoms with Crippen LogP contribution in [0.25, 0.3) is 0 Å². The molecular formula is C16H29B2O8PS. The minimum atomic E-state index is -4.04. The molecule has 2 N–H and O–H groups in total. The van der Waals surface area contributed by atoms with Crippen molar-refractivity contribution in [2.24, 2.45) is 0 Å². The van der Waals surface area contributed by atoms with Crippen molar-refractivity contribution in [3.63, 3.8) is 0 Å². The van der Waals surface area contributed by atoms with Crippen molar-refractivity contribution in [1.29, 1.82) is 0 Å². The fourth-order valence-corrected chi connectivity index (χ4v) is 6.40. The Morgan fingerprint density at radius 1 is 1.14 bits per heavy atom. The van der Waals surface area contributed by atoms with Gasteiger partial charge in [0.2, 0.25) is 0 Å². The summed E-state index contributed by atoms with van der Waals surface area (Å²) in [7, 11) is 11.5. The van der Waals surface area contributed by atoms with Crippen LogP contribution < -0.4 is 0 Å². The van der Waals surface area contributed by atoms with Crippen LogP contribution in [-0.4, -0.2) is 92.8 Å². The molecule has 0 aromatic rings.